The molecule has 0 spiro atoms. The van der Waals surface area contributed by atoms with Crippen LogP contribution < -0.4 is 5.32 Å². The van der Waals surface area contributed by atoms with Gasteiger partial charge in [-0.3, -0.25) is 0 Å². The van der Waals surface area contributed by atoms with Crippen LogP contribution in [-0.2, 0) is 13.0 Å². The normalized spacial score (nSPS) is 17.8. The molecule has 5 nitrogen and oxygen atoms in total. The van der Waals surface area contributed by atoms with Crippen molar-refractivity contribution in [1.82, 2.24) is 20.3 Å². The monoisotopic (exact) mass is 286 g/mol. The van der Waals surface area contributed by atoms with Gasteiger partial charge in [-0.25, -0.2) is 4.68 Å². The van der Waals surface area contributed by atoms with Gasteiger partial charge < -0.3 is 10.4 Å². The minimum absolute atomic E-state index is 0.509. The second kappa shape index (κ2) is 5.95. The summed E-state index contributed by atoms with van der Waals surface area (Å²) < 4.78 is 1.76. The lowest BCUT2D eigenvalue weighted by molar-refractivity contribution is -0.00863. The highest BCUT2D eigenvalue weighted by Crippen LogP contribution is 2.22. The lowest BCUT2D eigenvalue weighted by Crippen LogP contribution is -2.44. The minimum Gasteiger partial charge on any atom is -0.388 e. The van der Waals surface area contributed by atoms with Crippen LogP contribution in [0.4, 0.5) is 0 Å². The Hall–Kier alpha value is -1.72. The molecule has 112 valence electrons. The van der Waals surface area contributed by atoms with E-state index in [4.69, 9.17) is 0 Å². The SMILES string of the molecule is CCc1ccc(-c2cn(CC3(O)CCNCC3)nn2)cc1. The number of nitrogens with one attached hydrogen (secondary N) is 1. The van der Waals surface area contributed by atoms with Gasteiger partial charge in [0.05, 0.1) is 18.3 Å². The Morgan fingerprint density at radius 1 is 1.24 bits per heavy atom. The summed E-state index contributed by atoms with van der Waals surface area (Å²) in [6, 6.07) is 8.39. The number of nitrogens with zero attached hydrogens (tertiary/aromatic N) is 3. The molecule has 1 fully saturated rings. The summed E-state index contributed by atoms with van der Waals surface area (Å²) in [5, 5.41) is 22.2. The Morgan fingerprint density at radius 3 is 2.62 bits per heavy atom. The van der Waals surface area contributed by atoms with Crippen LogP contribution in [0.1, 0.15) is 25.3 Å². The third kappa shape index (κ3) is 3.31. The van der Waals surface area contributed by atoms with Crippen molar-refractivity contribution in [2.45, 2.75) is 38.3 Å². The lowest BCUT2D eigenvalue weighted by atomic mass is 9.92. The van der Waals surface area contributed by atoms with Crippen LogP contribution in [0.5, 0.6) is 0 Å². The van der Waals surface area contributed by atoms with Crippen molar-refractivity contribution >= 4 is 0 Å². The summed E-state index contributed by atoms with van der Waals surface area (Å²) in [4.78, 5) is 0. The number of hydrogen-bond acceptors (Lipinski definition) is 4. The minimum atomic E-state index is -0.664. The summed E-state index contributed by atoms with van der Waals surface area (Å²) in [7, 11) is 0. The topological polar surface area (TPSA) is 63.0 Å². The van der Waals surface area contributed by atoms with Gasteiger partial charge in [-0.2, -0.15) is 0 Å². The lowest BCUT2D eigenvalue weighted by Gasteiger charge is -2.32. The van der Waals surface area contributed by atoms with E-state index < -0.39 is 5.60 Å². The maximum Gasteiger partial charge on any atom is 0.113 e. The van der Waals surface area contributed by atoms with Crippen molar-refractivity contribution in [1.29, 1.82) is 0 Å². The zero-order chi connectivity index (χ0) is 14.7. The van der Waals surface area contributed by atoms with Crippen molar-refractivity contribution in [3.05, 3.63) is 36.0 Å². The zero-order valence-corrected chi connectivity index (χ0v) is 12.4. The van der Waals surface area contributed by atoms with Crippen LogP contribution >= 0.6 is 0 Å². The first-order chi connectivity index (χ1) is 10.2. The third-order valence-corrected chi connectivity index (χ3v) is 4.19. The molecule has 1 aromatic heterocycles. The molecule has 0 unspecified atom stereocenters. The first-order valence-electron chi connectivity index (χ1n) is 7.61. The van der Waals surface area contributed by atoms with Gasteiger partial charge in [-0.05, 0) is 37.9 Å². The Morgan fingerprint density at radius 2 is 1.95 bits per heavy atom. The van der Waals surface area contributed by atoms with Crippen molar-refractivity contribution in [3.63, 3.8) is 0 Å². The highest BCUT2D eigenvalue weighted by atomic mass is 16.3. The molecule has 1 saturated heterocycles. The molecule has 21 heavy (non-hydrogen) atoms. The van der Waals surface area contributed by atoms with E-state index in [0.717, 1.165) is 43.6 Å². The largest absolute Gasteiger partial charge is 0.388 e. The molecule has 0 bridgehead atoms. The van der Waals surface area contributed by atoms with Crippen LogP contribution in [0.2, 0.25) is 0 Å². The van der Waals surface area contributed by atoms with Crippen LogP contribution in [0.25, 0.3) is 11.3 Å². The summed E-state index contributed by atoms with van der Waals surface area (Å²) in [5.41, 5.74) is 2.57. The number of piperidine rings is 1. The van der Waals surface area contributed by atoms with Crippen LogP contribution in [-0.4, -0.2) is 38.8 Å². The molecule has 1 aliphatic rings. The number of hydrogen-bond donors (Lipinski definition) is 2. The average molecular weight is 286 g/mol. The molecule has 0 radical (unpaired) electrons. The van der Waals surface area contributed by atoms with Gasteiger partial charge in [0.2, 0.25) is 0 Å². The maximum atomic E-state index is 10.5. The molecule has 1 aliphatic heterocycles. The van der Waals surface area contributed by atoms with Crippen molar-refractivity contribution in [3.8, 4) is 11.3 Å². The molecule has 2 heterocycles. The van der Waals surface area contributed by atoms with E-state index in [1.807, 2.05) is 6.20 Å². The number of rotatable bonds is 4. The summed E-state index contributed by atoms with van der Waals surface area (Å²) >= 11 is 0. The maximum absolute atomic E-state index is 10.5. The van der Waals surface area contributed by atoms with E-state index in [-0.39, 0.29) is 0 Å². The Kier molecular flexibility index (Phi) is 4.03. The summed E-state index contributed by atoms with van der Waals surface area (Å²) in [6.45, 7) is 4.37. The van der Waals surface area contributed by atoms with Gasteiger partial charge in [0.1, 0.15) is 5.69 Å². The van der Waals surface area contributed by atoms with Gasteiger partial charge in [0, 0.05) is 5.56 Å². The van der Waals surface area contributed by atoms with E-state index in [1.165, 1.54) is 5.56 Å². The zero-order valence-electron chi connectivity index (χ0n) is 12.4. The van der Waals surface area contributed by atoms with Gasteiger partial charge in [-0.1, -0.05) is 36.4 Å². The second-order valence-corrected chi connectivity index (χ2v) is 5.83. The van der Waals surface area contributed by atoms with E-state index in [9.17, 15) is 5.11 Å². The van der Waals surface area contributed by atoms with Gasteiger partial charge in [-0.15, -0.1) is 5.10 Å². The number of aliphatic hydroxyl groups is 1. The molecular formula is C16H22N4O. The molecule has 5 heteroatoms. The summed E-state index contributed by atoms with van der Waals surface area (Å²) in [5.74, 6) is 0. The molecule has 2 N–H and O–H groups in total. The Balaban J connectivity index is 1.73. The first-order valence-corrected chi connectivity index (χ1v) is 7.61. The second-order valence-electron chi connectivity index (χ2n) is 5.83. The Labute approximate surface area is 125 Å². The van der Waals surface area contributed by atoms with Crippen LogP contribution in [0.3, 0.4) is 0 Å². The van der Waals surface area contributed by atoms with Crippen molar-refractivity contribution < 1.29 is 5.11 Å². The number of aryl methyl sites for hydroxylation is 1. The predicted octanol–water partition coefficient (Wildman–Crippen LogP) is 1.62. The fourth-order valence-electron chi connectivity index (χ4n) is 2.77. The summed E-state index contributed by atoms with van der Waals surface area (Å²) in [6.07, 6.45) is 4.47. The predicted molar refractivity (Wildman–Crippen MR) is 81.9 cm³/mol. The van der Waals surface area contributed by atoms with Crippen LogP contribution in [0, 0.1) is 0 Å². The van der Waals surface area contributed by atoms with Gasteiger partial charge in [0.15, 0.2) is 0 Å². The first kappa shape index (κ1) is 14.2. The highest BCUT2D eigenvalue weighted by Gasteiger charge is 2.30. The molecule has 2 aromatic rings. The quantitative estimate of drug-likeness (QED) is 0.896. The average Bonchev–Trinajstić information content (AvgIpc) is 2.96. The number of aromatic nitrogens is 3. The fraction of sp³-hybridized carbons (Fsp3) is 0.500. The molecule has 0 saturated carbocycles. The van der Waals surface area contributed by atoms with E-state index in [0.29, 0.717) is 6.54 Å². The van der Waals surface area contributed by atoms with E-state index in [2.05, 4.69) is 46.8 Å². The molecular weight excluding hydrogens is 264 g/mol. The molecule has 3 rings (SSSR count). The number of benzene rings is 1. The molecule has 0 atom stereocenters. The van der Waals surface area contributed by atoms with E-state index >= 15 is 0 Å². The Bertz CT molecular complexity index is 585. The third-order valence-electron chi connectivity index (χ3n) is 4.19. The van der Waals surface area contributed by atoms with Crippen molar-refractivity contribution in [2.24, 2.45) is 0 Å². The van der Waals surface area contributed by atoms with E-state index in [1.54, 1.807) is 4.68 Å². The van der Waals surface area contributed by atoms with Crippen LogP contribution in [0.15, 0.2) is 30.5 Å². The smallest absolute Gasteiger partial charge is 0.113 e. The standard InChI is InChI=1S/C16H22N4O/c1-2-13-3-5-14(6-4-13)15-11-20(19-18-15)12-16(21)7-9-17-10-8-16/h3-6,11,17,21H,2,7-10,12H2,1H3. The molecule has 0 aliphatic carbocycles. The van der Waals surface area contributed by atoms with Gasteiger partial charge >= 0.3 is 0 Å². The fourth-order valence-corrected chi connectivity index (χ4v) is 2.77. The molecule has 0 amide bonds. The van der Waals surface area contributed by atoms with Crippen molar-refractivity contribution in [2.75, 3.05) is 13.1 Å². The molecule has 1 aromatic carbocycles. The highest BCUT2D eigenvalue weighted by molar-refractivity contribution is 5.57. The van der Waals surface area contributed by atoms with Gasteiger partial charge in [0.25, 0.3) is 0 Å².